The van der Waals surface area contributed by atoms with Crippen LogP contribution < -0.4 is 0 Å². The van der Waals surface area contributed by atoms with E-state index >= 15 is 0 Å². The molecule has 0 N–H and O–H groups in total. The van der Waals surface area contributed by atoms with Gasteiger partial charge in [-0.2, -0.15) is 5.26 Å². The molecule has 12 rings (SSSR count). The van der Waals surface area contributed by atoms with Crippen LogP contribution >= 0.6 is 0 Å². The highest BCUT2D eigenvalue weighted by Crippen LogP contribution is 2.43. The molecule has 0 amide bonds. The molecule has 0 aliphatic heterocycles. The van der Waals surface area contributed by atoms with E-state index in [2.05, 4.69) is 178 Å². The first-order valence-electron chi connectivity index (χ1n) is 23.8. The zero-order valence-electron chi connectivity index (χ0n) is 40.0. The first kappa shape index (κ1) is 42.4. The summed E-state index contributed by atoms with van der Waals surface area (Å²) in [4.78, 5) is 15.6. The van der Waals surface area contributed by atoms with E-state index < -0.39 is 0 Å². The summed E-state index contributed by atoms with van der Waals surface area (Å²) in [7, 11) is 0. The van der Waals surface area contributed by atoms with E-state index in [9.17, 15) is 5.26 Å². The van der Waals surface area contributed by atoms with Gasteiger partial charge in [0.25, 0.3) is 0 Å². The van der Waals surface area contributed by atoms with Crippen molar-refractivity contribution in [1.82, 2.24) is 24.1 Å². The SMILES string of the molecule is Cc1cc(C)c(-c2ccc3c(c2)c2ccccc2n3-c2cc(-c3nc(-c4ccccc4)nc(-c4ccccc4)n3)cc(-n3c4ccccc4c4cc(-c5c(C)cc(C)cc5C)ccc43)c2C#N)c(C)c1. The van der Waals surface area contributed by atoms with Gasteiger partial charge < -0.3 is 9.13 Å². The predicted octanol–water partition coefficient (Wildman–Crippen LogP) is 16.1. The standard InChI is InChI=1S/C64H48N6/c1-38-29-40(3)60(41(4)30-38)46-25-27-56-51(33-46)49-21-13-15-23-54(49)69(56)58-35-48(64-67-62(44-17-9-7-10-18-44)66-63(68-64)45-19-11-8-12-20-45)36-59(53(58)37-65)70-55-24-16-14-22-50(55)52-34-47(26-28-57(52)70)61-42(5)31-39(2)32-43(61)6/h7-36H,1-6H3. The fourth-order valence-electron chi connectivity index (χ4n) is 11.2. The summed E-state index contributed by atoms with van der Waals surface area (Å²) >= 11 is 0. The molecule has 334 valence electrons. The maximum atomic E-state index is 11.8. The van der Waals surface area contributed by atoms with Crippen molar-refractivity contribution in [3.63, 3.8) is 0 Å². The lowest BCUT2D eigenvalue weighted by atomic mass is 9.93. The molecule has 9 aromatic carbocycles. The van der Waals surface area contributed by atoms with Crippen LogP contribution in [0.3, 0.4) is 0 Å². The fraction of sp³-hybridized carbons (Fsp3) is 0.0938. The fourth-order valence-corrected chi connectivity index (χ4v) is 11.2. The molecule has 0 saturated carbocycles. The van der Waals surface area contributed by atoms with Gasteiger partial charge in [0.05, 0.1) is 33.4 Å². The molecule has 0 saturated heterocycles. The molecule has 0 bridgehead atoms. The van der Waals surface area contributed by atoms with E-state index in [0.717, 1.165) is 82.8 Å². The summed E-state index contributed by atoms with van der Waals surface area (Å²) in [5, 5.41) is 16.2. The molecule has 6 heteroatoms. The molecule has 0 spiro atoms. The third-order valence-corrected chi connectivity index (χ3v) is 13.9. The average molecular weight is 901 g/mol. The highest BCUT2D eigenvalue weighted by molar-refractivity contribution is 6.12. The molecule has 0 aliphatic rings. The van der Waals surface area contributed by atoms with Crippen molar-refractivity contribution < 1.29 is 0 Å². The monoisotopic (exact) mass is 900 g/mol. The van der Waals surface area contributed by atoms with Crippen LogP contribution in [0.5, 0.6) is 0 Å². The third kappa shape index (κ3) is 6.97. The topological polar surface area (TPSA) is 72.3 Å². The predicted molar refractivity (Wildman–Crippen MR) is 289 cm³/mol. The molecule has 70 heavy (non-hydrogen) atoms. The molecule has 0 unspecified atom stereocenters. The van der Waals surface area contributed by atoms with Gasteiger partial charge in [-0.25, -0.2) is 15.0 Å². The number of nitriles is 1. The lowest BCUT2D eigenvalue weighted by Gasteiger charge is -2.18. The van der Waals surface area contributed by atoms with Gasteiger partial charge in [-0.05, 0) is 135 Å². The Morgan fingerprint density at radius 3 is 1.10 bits per heavy atom. The van der Waals surface area contributed by atoms with Crippen molar-refractivity contribution in [2.75, 3.05) is 0 Å². The quantitative estimate of drug-likeness (QED) is 0.160. The van der Waals surface area contributed by atoms with Gasteiger partial charge in [0.2, 0.25) is 0 Å². The van der Waals surface area contributed by atoms with Crippen molar-refractivity contribution in [2.45, 2.75) is 41.5 Å². The molecular formula is C64H48N6. The highest BCUT2D eigenvalue weighted by atomic mass is 15.1. The van der Waals surface area contributed by atoms with Crippen LogP contribution in [0, 0.1) is 52.9 Å². The minimum Gasteiger partial charge on any atom is -0.308 e. The Bertz CT molecular complexity index is 3830. The highest BCUT2D eigenvalue weighted by Gasteiger charge is 2.25. The summed E-state index contributed by atoms with van der Waals surface area (Å²) < 4.78 is 4.53. The number of rotatable bonds is 7. The van der Waals surface area contributed by atoms with E-state index in [1.807, 2.05) is 60.7 Å². The average Bonchev–Trinajstić information content (AvgIpc) is 3.88. The molecule has 0 fully saturated rings. The molecule has 0 atom stereocenters. The summed E-state index contributed by atoms with van der Waals surface area (Å²) in [6.07, 6.45) is 0. The molecule has 6 nitrogen and oxygen atoms in total. The Morgan fingerprint density at radius 1 is 0.343 bits per heavy atom. The van der Waals surface area contributed by atoms with E-state index in [1.54, 1.807) is 0 Å². The molecule has 0 aliphatic carbocycles. The van der Waals surface area contributed by atoms with E-state index in [0.29, 0.717) is 23.0 Å². The van der Waals surface area contributed by atoms with Crippen molar-refractivity contribution in [3.05, 3.63) is 221 Å². The van der Waals surface area contributed by atoms with Gasteiger partial charge in [-0.3, -0.25) is 0 Å². The first-order chi connectivity index (χ1) is 34.1. The van der Waals surface area contributed by atoms with Crippen LogP contribution in [0.25, 0.3) is 111 Å². The van der Waals surface area contributed by atoms with Gasteiger partial charge in [0, 0.05) is 38.2 Å². The Balaban J connectivity index is 1.19. The number of hydrogen-bond donors (Lipinski definition) is 0. The lowest BCUT2D eigenvalue weighted by molar-refractivity contribution is 1.06. The summed E-state index contributed by atoms with van der Waals surface area (Å²) in [5.41, 5.74) is 20.8. The van der Waals surface area contributed by atoms with Crippen LogP contribution in [0.15, 0.2) is 182 Å². The van der Waals surface area contributed by atoms with Gasteiger partial charge in [0.1, 0.15) is 11.6 Å². The zero-order chi connectivity index (χ0) is 47.8. The molecular weight excluding hydrogens is 853 g/mol. The molecule has 3 aromatic heterocycles. The van der Waals surface area contributed by atoms with Crippen molar-refractivity contribution in [1.29, 1.82) is 5.26 Å². The summed E-state index contributed by atoms with van der Waals surface area (Å²) in [5.74, 6) is 1.63. The van der Waals surface area contributed by atoms with Gasteiger partial charge in [-0.15, -0.1) is 0 Å². The van der Waals surface area contributed by atoms with Crippen LogP contribution in [0.2, 0.25) is 0 Å². The second-order valence-corrected chi connectivity index (χ2v) is 18.8. The lowest BCUT2D eigenvalue weighted by Crippen LogP contribution is -2.07. The van der Waals surface area contributed by atoms with Crippen molar-refractivity contribution >= 4 is 43.6 Å². The minimum absolute atomic E-state index is 0.501. The largest absolute Gasteiger partial charge is 0.308 e. The van der Waals surface area contributed by atoms with Gasteiger partial charge in [0.15, 0.2) is 17.5 Å². The minimum atomic E-state index is 0.501. The maximum Gasteiger partial charge on any atom is 0.164 e. The third-order valence-electron chi connectivity index (χ3n) is 13.9. The van der Waals surface area contributed by atoms with Crippen LogP contribution in [-0.2, 0) is 0 Å². The number of nitrogens with zero attached hydrogens (tertiary/aromatic N) is 6. The molecule has 0 radical (unpaired) electrons. The maximum absolute atomic E-state index is 11.8. The Hall–Kier alpha value is -8.92. The Labute approximate surface area is 407 Å². The Kier molecular flexibility index (Phi) is 10.1. The van der Waals surface area contributed by atoms with Crippen LogP contribution in [-0.4, -0.2) is 24.1 Å². The van der Waals surface area contributed by atoms with Crippen LogP contribution in [0.4, 0.5) is 0 Å². The van der Waals surface area contributed by atoms with Crippen molar-refractivity contribution in [3.8, 4) is 73.9 Å². The second-order valence-electron chi connectivity index (χ2n) is 18.8. The smallest absolute Gasteiger partial charge is 0.164 e. The number of fused-ring (bicyclic) bond motifs is 6. The van der Waals surface area contributed by atoms with E-state index in [1.165, 1.54) is 44.5 Å². The number of aromatic nitrogens is 5. The van der Waals surface area contributed by atoms with Gasteiger partial charge in [-0.1, -0.05) is 145 Å². The molecule has 3 heterocycles. The van der Waals surface area contributed by atoms with Crippen molar-refractivity contribution in [2.24, 2.45) is 0 Å². The second kappa shape index (κ2) is 16.7. The normalized spacial score (nSPS) is 11.6. The van der Waals surface area contributed by atoms with E-state index in [-0.39, 0.29) is 0 Å². The van der Waals surface area contributed by atoms with Gasteiger partial charge >= 0.3 is 0 Å². The number of para-hydroxylation sites is 2. The first-order valence-corrected chi connectivity index (χ1v) is 23.8. The Morgan fingerprint density at radius 2 is 0.700 bits per heavy atom. The number of aryl methyl sites for hydroxylation is 6. The van der Waals surface area contributed by atoms with E-state index in [4.69, 9.17) is 15.0 Å². The zero-order valence-corrected chi connectivity index (χ0v) is 40.0. The molecule has 12 aromatic rings. The van der Waals surface area contributed by atoms with Crippen LogP contribution in [0.1, 0.15) is 38.9 Å². The summed E-state index contributed by atoms with van der Waals surface area (Å²) in [6.45, 7) is 13.1. The number of benzene rings is 9. The number of hydrogen-bond acceptors (Lipinski definition) is 4. The summed E-state index contributed by atoms with van der Waals surface area (Å²) in [6, 6.07) is 66.7.